The molecule has 0 spiro atoms. The van der Waals surface area contributed by atoms with Crippen LogP contribution in [0.1, 0.15) is 25.3 Å². The molecule has 2 aromatic carbocycles. The molecule has 1 amide bonds. The average molecular weight is 351 g/mol. The van der Waals surface area contributed by atoms with Gasteiger partial charge >= 0.3 is 0 Å². The molecule has 0 bridgehead atoms. The smallest absolute Gasteiger partial charge is 0.224 e. The Bertz CT molecular complexity index is 694. The molecule has 0 radical (unpaired) electrons. The van der Waals surface area contributed by atoms with Gasteiger partial charge in [0, 0.05) is 32.6 Å². The molecule has 2 aromatic rings. The molecular formula is C22H29N3O. The topological polar surface area (TPSA) is 35.6 Å². The maximum Gasteiger partial charge on any atom is 0.224 e. The SMILES string of the molecule is CCN1CCN(c2ccccc2NC(=O)CCCc2ccccc2)CC1. The minimum absolute atomic E-state index is 0.0978. The van der Waals surface area contributed by atoms with E-state index < -0.39 is 0 Å². The van der Waals surface area contributed by atoms with Crippen LogP contribution in [-0.2, 0) is 11.2 Å². The number of rotatable bonds is 7. The van der Waals surface area contributed by atoms with E-state index in [9.17, 15) is 4.79 Å². The van der Waals surface area contributed by atoms with Crippen LogP contribution in [0.5, 0.6) is 0 Å². The number of piperazine rings is 1. The Morgan fingerprint density at radius 3 is 2.38 bits per heavy atom. The molecule has 26 heavy (non-hydrogen) atoms. The summed E-state index contributed by atoms with van der Waals surface area (Å²) >= 11 is 0. The maximum atomic E-state index is 12.4. The highest BCUT2D eigenvalue weighted by atomic mass is 16.1. The summed E-state index contributed by atoms with van der Waals surface area (Å²) in [5, 5.41) is 3.13. The molecule has 1 N–H and O–H groups in total. The van der Waals surface area contributed by atoms with E-state index in [0.29, 0.717) is 6.42 Å². The number of likely N-dealkylation sites (N-methyl/N-ethyl adjacent to an activating group) is 1. The fraction of sp³-hybridized carbons (Fsp3) is 0.409. The molecular weight excluding hydrogens is 322 g/mol. The second kappa shape index (κ2) is 9.39. The Kier molecular flexibility index (Phi) is 6.67. The molecule has 1 fully saturated rings. The monoisotopic (exact) mass is 351 g/mol. The molecule has 0 aromatic heterocycles. The lowest BCUT2D eigenvalue weighted by Crippen LogP contribution is -2.46. The van der Waals surface area contributed by atoms with Gasteiger partial charge < -0.3 is 15.1 Å². The largest absolute Gasteiger partial charge is 0.367 e. The average Bonchev–Trinajstić information content (AvgIpc) is 2.69. The molecule has 1 aliphatic heterocycles. The van der Waals surface area contributed by atoms with Crippen molar-refractivity contribution in [2.75, 3.05) is 42.9 Å². The first-order chi connectivity index (χ1) is 12.8. The van der Waals surface area contributed by atoms with E-state index in [4.69, 9.17) is 0 Å². The lowest BCUT2D eigenvalue weighted by molar-refractivity contribution is -0.116. The lowest BCUT2D eigenvalue weighted by atomic mass is 10.1. The highest BCUT2D eigenvalue weighted by molar-refractivity contribution is 5.94. The lowest BCUT2D eigenvalue weighted by Gasteiger charge is -2.36. The van der Waals surface area contributed by atoms with Crippen LogP contribution in [0, 0.1) is 0 Å². The fourth-order valence-corrected chi connectivity index (χ4v) is 3.47. The first kappa shape index (κ1) is 18.5. The van der Waals surface area contributed by atoms with Crippen LogP contribution in [0.4, 0.5) is 11.4 Å². The molecule has 1 aliphatic rings. The van der Waals surface area contributed by atoms with Crippen molar-refractivity contribution in [1.29, 1.82) is 0 Å². The molecule has 1 saturated heterocycles. The summed E-state index contributed by atoms with van der Waals surface area (Å²) in [6.45, 7) is 7.49. The van der Waals surface area contributed by atoms with Crippen LogP contribution in [-0.4, -0.2) is 43.5 Å². The molecule has 4 nitrogen and oxygen atoms in total. The number of benzene rings is 2. The van der Waals surface area contributed by atoms with Gasteiger partial charge in [-0.3, -0.25) is 4.79 Å². The minimum atomic E-state index is 0.0978. The number of nitrogens with one attached hydrogen (secondary N) is 1. The summed E-state index contributed by atoms with van der Waals surface area (Å²) in [5.41, 5.74) is 3.36. The van der Waals surface area contributed by atoms with E-state index in [0.717, 1.165) is 56.9 Å². The molecule has 0 saturated carbocycles. The first-order valence-corrected chi connectivity index (χ1v) is 9.66. The number of nitrogens with zero attached hydrogens (tertiary/aromatic N) is 2. The number of anilines is 2. The number of aryl methyl sites for hydroxylation is 1. The summed E-state index contributed by atoms with van der Waals surface area (Å²) in [6.07, 6.45) is 2.36. The highest BCUT2D eigenvalue weighted by Crippen LogP contribution is 2.26. The van der Waals surface area contributed by atoms with Crippen LogP contribution in [0.3, 0.4) is 0 Å². The van der Waals surface area contributed by atoms with Crippen molar-refractivity contribution in [3.05, 3.63) is 60.2 Å². The van der Waals surface area contributed by atoms with Gasteiger partial charge in [0.05, 0.1) is 11.4 Å². The Morgan fingerprint density at radius 1 is 0.962 bits per heavy atom. The molecule has 138 valence electrons. The third-order valence-electron chi connectivity index (χ3n) is 5.05. The van der Waals surface area contributed by atoms with E-state index >= 15 is 0 Å². The van der Waals surface area contributed by atoms with Crippen molar-refractivity contribution in [2.24, 2.45) is 0 Å². The van der Waals surface area contributed by atoms with Crippen molar-refractivity contribution in [1.82, 2.24) is 4.90 Å². The Morgan fingerprint density at radius 2 is 1.65 bits per heavy atom. The number of carbonyl (C=O) groups excluding carboxylic acids is 1. The van der Waals surface area contributed by atoms with Crippen LogP contribution in [0.2, 0.25) is 0 Å². The van der Waals surface area contributed by atoms with Gasteiger partial charge in [0.25, 0.3) is 0 Å². The van der Waals surface area contributed by atoms with Gasteiger partial charge in [-0.15, -0.1) is 0 Å². The normalized spacial score (nSPS) is 15.0. The van der Waals surface area contributed by atoms with Crippen molar-refractivity contribution in [3.8, 4) is 0 Å². The quantitative estimate of drug-likeness (QED) is 0.824. The number of amides is 1. The Balaban J connectivity index is 1.53. The minimum Gasteiger partial charge on any atom is -0.367 e. The Labute approximate surface area is 156 Å². The molecule has 4 heteroatoms. The third kappa shape index (κ3) is 5.09. The molecule has 0 unspecified atom stereocenters. The van der Waals surface area contributed by atoms with Crippen molar-refractivity contribution >= 4 is 17.3 Å². The van der Waals surface area contributed by atoms with E-state index in [1.54, 1.807) is 0 Å². The van der Waals surface area contributed by atoms with Crippen molar-refractivity contribution < 1.29 is 4.79 Å². The third-order valence-corrected chi connectivity index (χ3v) is 5.05. The van der Waals surface area contributed by atoms with Gasteiger partial charge in [0.1, 0.15) is 0 Å². The van der Waals surface area contributed by atoms with Gasteiger partial charge in [0.2, 0.25) is 5.91 Å². The van der Waals surface area contributed by atoms with Gasteiger partial charge in [0.15, 0.2) is 0 Å². The predicted octanol–water partition coefficient (Wildman–Crippen LogP) is 3.79. The van der Waals surface area contributed by atoms with Gasteiger partial charge in [-0.2, -0.15) is 0 Å². The zero-order valence-electron chi connectivity index (χ0n) is 15.7. The molecule has 0 atom stereocenters. The van der Waals surface area contributed by atoms with E-state index in [1.165, 1.54) is 5.56 Å². The summed E-state index contributed by atoms with van der Waals surface area (Å²) < 4.78 is 0. The second-order valence-electron chi connectivity index (χ2n) is 6.83. The van der Waals surface area contributed by atoms with Crippen LogP contribution in [0.15, 0.2) is 54.6 Å². The van der Waals surface area contributed by atoms with Crippen LogP contribution < -0.4 is 10.2 Å². The van der Waals surface area contributed by atoms with Crippen molar-refractivity contribution in [2.45, 2.75) is 26.2 Å². The van der Waals surface area contributed by atoms with Gasteiger partial charge in [-0.1, -0.05) is 49.4 Å². The standard InChI is InChI=1S/C22H29N3O/c1-2-24-15-17-25(18-16-24)21-13-7-6-12-20(21)23-22(26)14-8-11-19-9-4-3-5-10-19/h3-7,9-10,12-13H,2,8,11,14-18H2,1H3,(H,23,26). The Hall–Kier alpha value is -2.33. The van der Waals surface area contributed by atoms with E-state index in [-0.39, 0.29) is 5.91 Å². The zero-order valence-corrected chi connectivity index (χ0v) is 15.7. The number of para-hydroxylation sites is 2. The van der Waals surface area contributed by atoms with E-state index in [1.807, 2.05) is 36.4 Å². The second-order valence-corrected chi connectivity index (χ2v) is 6.83. The summed E-state index contributed by atoms with van der Waals surface area (Å²) in [5.74, 6) is 0.0978. The molecule has 1 heterocycles. The molecule has 0 aliphatic carbocycles. The predicted molar refractivity (Wildman–Crippen MR) is 109 cm³/mol. The number of hydrogen-bond acceptors (Lipinski definition) is 3. The number of carbonyl (C=O) groups is 1. The van der Waals surface area contributed by atoms with Gasteiger partial charge in [-0.05, 0) is 37.1 Å². The highest BCUT2D eigenvalue weighted by Gasteiger charge is 2.18. The van der Waals surface area contributed by atoms with Gasteiger partial charge in [-0.25, -0.2) is 0 Å². The number of hydrogen-bond donors (Lipinski definition) is 1. The summed E-state index contributed by atoms with van der Waals surface area (Å²) in [7, 11) is 0. The molecule has 3 rings (SSSR count). The zero-order chi connectivity index (χ0) is 18.2. The van der Waals surface area contributed by atoms with Crippen LogP contribution >= 0.6 is 0 Å². The first-order valence-electron chi connectivity index (χ1n) is 9.66. The van der Waals surface area contributed by atoms with Crippen molar-refractivity contribution in [3.63, 3.8) is 0 Å². The fourth-order valence-electron chi connectivity index (χ4n) is 3.47. The summed E-state index contributed by atoms with van der Waals surface area (Å²) in [4.78, 5) is 17.2. The van der Waals surface area contributed by atoms with E-state index in [2.05, 4.69) is 40.2 Å². The maximum absolute atomic E-state index is 12.4. The summed E-state index contributed by atoms with van der Waals surface area (Å²) in [6, 6.07) is 18.5. The van der Waals surface area contributed by atoms with Crippen LogP contribution in [0.25, 0.3) is 0 Å².